The number of aliphatic hydroxyl groups is 1. The molecule has 0 saturated heterocycles. The number of rotatable bonds is 11. The van der Waals surface area contributed by atoms with E-state index in [0.29, 0.717) is 32.3 Å². The molecule has 0 aliphatic rings. The Kier molecular flexibility index (Phi) is 10.2. The monoisotopic (exact) mass is 413 g/mol. The zero-order valence-corrected chi connectivity index (χ0v) is 18.6. The molecular weight excluding hydrogens is 378 g/mol. The van der Waals surface area contributed by atoms with Crippen LogP contribution in [0.1, 0.15) is 41.7 Å². The molecule has 0 amide bonds. The summed E-state index contributed by atoms with van der Waals surface area (Å²) in [7, 11) is 1.69. The Morgan fingerprint density at radius 2 is 1.87 bits per heavy atom. The van der Waals surface area contributed by atoms with E-state index < -0.39 is 6.10 Å². The molecule has 0 aliphatic heterocycles. The van der Waals surface area contributed by atoms with Crippen LogP contribution in [0.15, 0.2) is 47.5 Å². The number of hydrogen-bond donors (Lipinski definition) is 3. The van der Waals surface area contributed by atoms with Gasteiger partial charge in [-0.15, -0.1) is 0 Å². The summed E-state index contributed by atoms with van der Waals surface area (Å²) >= 11 is 0. The van der Waals surface area contributed by atoms with E-state index in [1.54, 1.807) is 7.11 Å². The van der Waals surface area contributed by atoms with Crippen molar-refractivity contribution in [2.24, 2.45) is 4.99 Å². The highest BCUT2D eigenvalue weighted by atomic mass is 16.5. The fourth-order valence-corrected chi connectivity index (χ4v) is 3.01. The van der Waals surface area contributed by atoms with Gasteiger partial charge < -0.3 is 25.2 Å². The Labute approximate surface area is 180 Å². The molecular formula is C24H35N3O3. The second kappa shape index (κ2) is 12.9. The topological polar surface area (TPSA) is 75.1 Å². The minimum atomic E-state index is -0.604. The number of nitrogens with zero attached hydrogens (tertiary/aromatic N) is 1. The lowest BCUT2D eigenvalue weighted by Crippen LogP contribution is -2.39. The van der Waals surface area contributed by atoms with E-state index in [2.05, 4.69) is 27.8 Å². The highest BCUT2D eigenvalue weighted by molar-refractivity contribution is 5.79. The van der Waals surface area contributed by atoms with Crippen LogP contribution in [0.25, 0.3) is 0 Å². The normalized spacial score (nSPS) is 12.5. The number of aliphatic imine (C=N–C) groups is 1. The largest absolute Gasteiger partial charge is 0.493 e. The molecule has 0 radical (unpaired) electrons. The van der Waals surface area contributed by atoms with Crippen LogP contribution in [-0.2, 0) is 11.3 Å². The van der Waals surface area contributed by atoms with Crippen LogP contribution in [-0.4, -0.2) is 44.5 Å². The van der Waals surface area contributed by atoms with Gasteiger partial charge in [0, 0.05) is 38.8 Å². The van der Waals surface area contributed by atoms with Crippen molar-refractivity contribution in [1.29, 1.82) is 0 Å². The molecule has 6 heteroatoms. The van der Waals surface area contributed by atoms with Gasteiger partial charge in [0.15, 0.2) is 5.96 Å². The molecule has 164 valence electrons. The predicted molar refractivity (Wildman–Crippen MR) is 122 cm³/mol. The maximum atomic E-state index is 10.5. The van der Waals surface area contributed by atoms with Crippen molar-refractivity contribution >= 4 is 5.96 Å². The van der Waals surface area contributed by atoms with Gasteiger partial charge in [-0.1, -0.05) is 42.0 Å². The van der Waals surface area contributed by atoms with Crippen molar-refractivity contribution in [3.8, 4) is 5.75 Å². The van der Waals surface area contributed by atoms with Crippen molar-refractivity contribution < 1.29 is 14.6 Å². The van der Waals surface area contributed by atoms with E-state index in [4.69, 9.17) is 9.47 Å². The first-order chi connectivity index (χ1) is 14.5. The van der Waals surface area contributed by atoms with Crippen LogP contribution in [0.4, 0.5) is 0 Å². The molecule has 0 aliphatic carbocycles. The molecule has 6 nitrogen and oxygen atoms in total. The number of aliphatic hydroxyl groups excluding tert-OH is 1. The zero-order chi connectivity index (χ0) is 21.8. The first-order valence-corrected chi connectivity index (χ1v) is 10.5. The molecule has 0 bridgehead atoms. The molecule has 1 atom stereocenters. The van der Waals surface area contributed by atoms with Crippen LogP contribution >= 0.6 is 0 Å². The summed E-state index contributed by atoms with van der Waals surface area (Å²) < 4.78 is 11.0. The van der Waals surface area contributed by atoms with Gasteiger partial charge in [-0.05, 0) is 38.0 Å². The molecule has 1 unspecified atom stereocenters. The number of methoxy groups -OCH3 is 1. The highest BCUT2D eigenvalue weighted by Gasteiger charge is 2.09. The first kappa shape index (κ1) is 23.7. The van der Waals surface area contributed by atoms with E-state index in [-0.39, 0.29) is 0 Å². The third-order valence-corrected chi connectivity index (χ3v) is 4.61. The molecule has 0 spiro atoms. The number of guanidine groups is 1. The number of hydrogen-bond acceptors (Lipinski definition) is 4. The van der Waals surface area contributed by atoms with Gasteiger partial charge >= 0.3 is 0 Å². The molecule has 2 aromatic rings. The Hall–Kier alpha value is -2.57. The fourth-order valence-electron chi connectivity index (χ4n) is 3.01. The fraction of sp³-hybridized carbons (Fsp3) is 0.458. The van der Waals surface area contributed by atoms with E-state index in [1.165, 1.54) is 0 Å². The smallest absolute Gasteiger partial charge is 0.191 e. The van der Waals surface area contributed by atoms with Gasteiger partial charge in [0.2, 0.25) is 0 Å². The van der Waals surface area contributed by atoms with E-state index in [9.17, 15) is 5.11 Å². The van der Waals surface area contributed by atoms with E-state index in [1.807, 2.05) is 51.1 Å². The van der Waals surface area contributed by atoms with Crippen LogP contribution < -0.4 is 15.4 Å². The molecule has 0 fully saturated rings. The van der Waals surface area contributed by atoms with Crippen molar-refractivity contribution in [2.75, 3.05) is 33.4 Å². The predicted octanol–water partition coefficient (Wildman–Crippen LogP) is 3.51. The number of aryl methyl sites for hydroxylation is 2. The molecule has 2 rings (SSSR count). The SMILES string of the molecule is CCNC(=NCc1ccc(C)cc1OCCCOC)NCC(O)c1cccc(C)c1. The average Bonchev–Trinajstić information content (AvgIpc) is 2.74. The van der Waals surface area contributed by atoms with Crippen LogP contribution in [0, 0.1) is 13.8 Å². The summed E-state index contributed by atoms with van der Waals surface area (Å²) in [6.45, 7) is 8.97. The molecule has 3 N–H and O–H groups in total. The minimum absolute atomic E-state index is 0.379. The number of benzene rings is 2. The Bertz CT molecular complexity index is 808. The molecule has 0 heterocycles. The quantitative estimate of drug-likeness (QED) is 0.299. The van der Waals surface area contributed by atoms with Gasteiger partial charge in [0.25, 0.3) is 0 Å². The van der Waals surface area contributed by atoms with Crippen molar-refractivity contribution in [3.05, 3.63) is 64.7 Å². The third-order valence-electron chi connectivity index (χ3n) is 4.61. The van der Waals surface area contributed by atoms with E-state index in [0.717, 1.165) is 41.0 Å². The van der Waals surface area contributed by atoms with Gasteiger partial charge in [-0.25, -0.2) is 4.99 Å². The zero-order valence-electron chi connectivity index (χ0n) is 18.6. The number of ether oxygens (including phenoxy) is 2. The van der Waals surface area contributed by atoms with Crippen molar-refractivity contribution in [1.82, 2.24) is 10.6 Å². The summed E-state index contributed by atoms with van der Waals surface area (Å²) in [5.41, 5.74) is 4.19. The van der Waals surface area contributed by atoms with Gasteiger partial charge in [0.1, 0.15) is 5.75 Å². The third kappa shape index (κ3) is 8.05. The van der Waals surface area contributed by atoms with Crippen LogP contribution in [0.5, 0.6) is 5.75 Å². The maximum Gasteiger partial charge on any atom is 0.191 e. The van der Waals surface area contributed by atoms with Gasteiger partial charge in [-0.2, -0.15) is 0 Å². The summed E-state index contributed by atoms with van der Waals surface area (Å²) in [5.74, 6) is 1.51. The van der Waals surface area contributed by atoms with E-state index >= 15 is 0 Å². The summed E-state index contributed by atoms with van der Waals surface area (Å²) in [4.78, 5) is 4.68. The van der Waals surface area contributed by atoms with Crippen LogP contribution in [0.3, 0.4) is 0 Å². The lowest BCUT2D eigenvalue weighted by Gasteiger charge is -2.16. The second-order valence-electron chi connectivity index (χ2n) is 7.31. The average molecular weight is 414 g/mol. The Morgan fingerprint density at radius 3 is 2.60 bits per heavy atom. The van der Waals surface area contributed by atoms with Crippen molar-refractivity contribution in [2.45, 2.75) is 39.8 Å². The molecule has 0 aromatic heterocycles. The second-order valence-corrected chi connectivity index (χ2v) is 7.31. The molecule has 30 heavy (non-hydrogen) atoms. The van der Waals surface area contributed by atoms with Gasteiger partial charge in [-0.3, -0.25) is 0 Å². The first-order valence-electron chi connectivity index (χ1n) is 10.5. The minimum Gasteiger partial charge on any atom is -0.493 e. The maximum absolute atomic E-state index is 10.5. The summed E-state index contributed by atoms with van der Waals surface area (Å²) in [5, 5.41) is 17.0. The van der Waals surface area contributed by atoms with Crippen LogP contribution in [0.2, 0.25) is 0 Å². The Balaban J connectivity index is 2.01. The summed E-state index contributed by atoms with van der Waals surface area (Å²) in [6, 6.07) is 14.1. The molecule has 0 saturated carbocycles. The standard InChI is InChI=1S/C24H35N3O3/c1-5-25-24(27-17-22(28)20-9-6-8-18(2)14-20)26-16-21-11-10-19(3)15-23(21)30-13-7-12-29-4/h6,8-11,14-15,22,28H,5,7,12-13,16-17H2,1-4H3,(H2,25,26,27). The lowest BCUT2D eigenvalue weighted by molar-refractivity contribution is 0.172. The Morgan fingerprint density at radius 1 is 1.07 bits per heavy atom. The number of nitrogens with one attached hydrogen (secondary N) is 2. The van der Waals surface area contributed by atoms with Crippen molar-refractivity contribution in [3.63, 3.8) is 0 Å². The highest BCUT2D eigenvalue weighted by Crippen LogP contribution is 2.21. The lowest BCUT2D eigenvalue weighted by atomic mass is 10.1. The summed E-state index contributed by atoms with van der Waals surface area (Å²) in [6.07, 6.45) is 0.238. The molecule has 2 aromatic carbocycles. The van der Waals surface area contributed by atoms with Gasteiger partial charge in [0.05, 0.1) is 19.3 Å².